The zero-order chi connectivity index (χ0) is 18.1. The van der Waals surface area contributed by atoms with Gasteiger partial charge in [-0.15, -0.1) is 0 Å². The third-order valence-electron chi connectivity index (χ3n) is 5.21. The maximum atomic E-state index is 11.5. The van der Waals surface area contributed by atoms with Crippen LogP contribution in [-0.2, 0) is 11.2 Å². The third kappa shape index (κ3) is 3.44. The Kier molecular flexibility index (Phi) is 4.64. The van der Waals surface area contributed by atoms with Crippen LogP contribution in [0.5, 0.6) is 0 Å². The first-order valence-corrected chi connectivity index (χ1v) is 9.55. The largest absolute Gasteiger partial charge is 0.368 e. The lowest BCUT2D eigenvalue weighted by atomic mass is 10.0. The zero-order valence-corrected chi connectivity index (χ0v) is 15.8. The van der Waals surface area contributed by atoms with Crippen molar-refractivity contribution < 1.29 is 4.79 Å². The number of thiocarbonyl (C=S) groups is 1. The van der Waals surface area contributed by atoms with E-state index in [1.54, 1.807) is 0 Å². The summed E-state index contributed by atoms with van der Waals surface area (Å²) in [6, 6.07) is 14.8. The number of anilines is 2. The van der Waals surface area contributed by atoms with Crippen LogP contribution in [0.1, 0.15) is 23.1 Å². The highest BCUT2D eigenvalue weighted by atomic mass is 32.1. The lowest BCUT2D eigenvalue weighted by molar-refractivity contribution is -0.116. The van der Waals surface area contributed by atoms with Gasteiger partial charge in [-0.25, -0.2) is 0 Å². The Morgan fingerprint density at radius 2 is 1.73 bits per heavy atom. The van der Waals surface area contributed by atoms with Crippen LogP contribution < -0.4 is 10.2 Å². The number of benzene rings is 2. The Balaban J connectivity index is 1.41. The minimum atomic E-state index is 0.114. The number of hydrogen-bond acceptors (Lipinski definition) is 3. The number of fused-ring (bicyclic) bond motifs is 1. The molecule has 0 radical (unpaired) electrons. The SMILES string of the molecule is Cc1ccc(C(=S)N2CCN(c3ccc4c(c3)CCC(=O)N4)CC2)cc1. The van der Waals surface area contributed by atoms with Gasteiger partial charge in [-0.2, -0.15) is 0 Å². The molecule has 1 saturated heterocycles. The molecule has 0 unspecified atom stereocenters. The molecule has 5 heteroatoms. The quantitative estimate of drug-likeness (QED) is 0.828. The first-order valence-electron chi connectivity index (χ1n) is 9.14. The van der Waals surface area contributed by atoms with E-state index in [4.69, 9.17) is 12.2 Å². The molecule has 2 aliphatic rings. The van der Waals surface area contributed by atoms with E-state index in [1.807, 2.05) is 6.07 Å². The van der Waals surface area contributed by atoms with Crippen molar-refractivity contribution in [2.75, 3.05) is 36.4 Å². The van der Waals surface area contributed by atoms with Crippen molar-refractivity contribution in [1.82, 2.24) is 4.90 Å². The van der Waals surface area contributed by atoms with Gasteiger partial charge < -0.3 is 15.1 Å². The van der Waals surface area contributed by atoms with E-state index < -0.39 is 0 Å². The Morgan fingerprint density at radius 1 is 1.00 bits per heavy atom. The van der Waals surface area contributed by atoms with Crippen LogP contribution in [0.4, 0.5) is 11.4 Å². The molecular weight excluding hydrogens is 342 g/mol. The van der Waals surface area contributed by atoms with Crippen molar-refractivity contribution in [3.05, 3.63) is 59.2 Å². The number of amides is 1. The average molecular weight is 366 g/mol. The number of carbonyl (C=O) groups excluding carboxylic acids is 1. The summed E-state index contributed by atoms with van der Waals surface area (Å²) in [6.07, 6.45) is 1.40. The number of piperazine rings is 1. The van der Waals surface area contributed by atoms with Gasteiger partial charge in [0, 0.05) is 49.5 Å². The van der Waals surface area contributed by atoms with Crippen molar-refractivity contribution >= 4 is 34.5 Å². The summed E-state index contributed by atoms with van der Waals surface area (Å²) in [7, 11) is 0. The van der Waals surface area contributed by atoms with Crippen molar-refractivity contribution in [2.45, 2.75) is 19.8 Å². The molecule has 2 aromatic carbocycles. The number of nitrogens with zero attached hydrogens (tertiary/aromatic N) is 2. The standard InChI is InChI=1S/C21H23N3OS/c1-15-2-4-16(5-3-15)21(26)24-12-10-23(11-13-24)18-7-8-19-17(14-18)6-9-20(25)22-19/h2-5,7-8,14H,6,9-13H2,1H3,(H,22,25). The first kappa shape index (κ1) is 17.0. The summed E-state index contributed by atoms with van der Waals surface area (Å²) in [4.78, 5) is 17.2. The van der Waals surface area contributed by atoms with Crippen molar-refractivity contribution in [2.24, 2.45) is 0 Å². The molecule has 0 saturated carbocycles. The average Bonchev–Trinajstić information content (AvgIpc) is 2.68. The fourth-order valence-corrected chi connectivity index (χ4v) is 3.93. The fraction of sp³-hybridized carbons (Fsp3) is 0.333. The minimum Gasteiger partial charge on any atom is -0.368 e. The molecule has 2 aromatic rings. The molecule has 1 fully saturated rings. The summed E-state index contributed by atoms with van der Waals surface area (Å²) in [5.74, 6) is 0.114. The molecule has 134 valence electrons. The van der Waals surface area contributed by atoms with Gasteiger partial charge in [0.05, 0.1) is 0 Å². The Morgan fingerprint density at radius 3 is 2.46 bits per heavy atom. The molecule has 0 aromatic heterocycles. The van der Waals surface area contributed by atoms with Gasteiger partial charge in [0.1, 0.15) is 4.99 Å². The molecule has 2 heterocycles. The molecule has 2 aliphatic heterocycles. The van der Waals surface area contributed by atoms with Crippen molar-refractivity contribution in [3.63, 3.8) is 0 Å². The molecule has 0 atom stereocenters. The van der Waals surface area contributed by atoms with Gasteiger partial charge >= 0.3 is 0 Å². The maximum Gasteiger partial charge on any atom is 0.224 e. The van der Waals surface area contributed by atoms with Crippen molar-refractivity contribution in [3.8, 4) is 0 Å². The van der Waals surface area contributed by atoms with E-state index in [-0.39, 0.29) is 5.91 Å². The van der Waals surface area contributed by atoms with Crippen molar-refractivity contribution in [1.29, 1.82) is 0 Å². The smallest absolute Gasteiger partial charge is 0.224 e. The number of hydrogen-bond donors (Lipinski definition) is 1. The van der Waals surface area contributed by atoms with Gasteiger partial charge in [-0.05, 0) is 37.1 Å². The second-order valence-electron chi connectivity index (χ2n) is 7.03. The Bertz CT molecular complexity index is 839. The highest BCUT2D eigenvalue weighted by molar-refractivity contribution is 7.80. The molecule has 4 rings (SSSR count). The predicted octanol–water partition coefficient (Wildman–Crippen LogP) is 3.38. The Labute approximate surface area is 159 Å². The van der Waals surface area contributed by atoms with E-state index in [0.717, 1.165) is 48.8 Å². The first-order chi connectivity index (χ1) is 12.6. The van der Waals surface area contributed by atoms with Gasteiger partial charge in [0.15, 0.2) is 0 Å². The van der Waals surface area contributed by atoms with E-state index in [1.165, 1.54) is 16.8 Å². The van der Waals surface area contributed by atoms with E-state index in [9.17, 15) is 4.79 Å². The van der Waals surface area contributed by atoms with Gasteiger partial charge in [-0.1, -0.05) is 42.0 Å². The molecule has 0 spiro atoms. The third-order valence-corrected chi connectivity index (χ3v) is 5.71. The van der Waals surface area contributed by atoms with Crippen LogP contribution in [0.15, 0.2) is 42.5 Å². The lowest BCUT2D eigenvalue weighted by Crippen LogP contribution is -2.48. The number of nitrogens with one attached hydrogen (secondary N) is 1. The Hall–Kier alpha value is -2.40. The number of aryl methyl sites for hydroxylation is 2. The summed E-state index contributed by atoms with van der Waals surface area (Å²) in [5.41, 5.74) is 5.82. The molecule has 1 amide bonds. The molecule has 0 bridgehead atoms. The zero-order valence-electron chi connectivity index (χ0n) is 15.0. The molecule has 4 nitrogen and oxygen atoms in total. The topological polar surface area (TPSA) is 35.6 Å². The summed E-state index contributed by atoms with van der Waals surface area (Å²) < 4.78 is 0. The van der Waals surface area contributed by atoms with E-state index in [2.05, 4.69) is 58.4 Å². The fourth-order valence-electron chi connectivity index (χ4n) is 3.61. The monoisotopic (exact) mass is 365 g/mol. The van der Waals surface area contributed by atoms with Gasteiger partial charge in [0.25, 0.3) is 0 Å². The highest BCUT2D eigenvalue weighted by Gasteiger charge is 2.21. The van der Waals surface area contributed by atoms with Gasteiger partial charge in [0.2, 0.25) is 5.91 Å². The van der Waals surface area contributed by atoms with Crippen LogP contribution in [0.3, 0.4) is 0 Å². The van der Waals surface area contributed by atoms with Crippen LogP contribution in [0.25, 0.3) is 0 Å². The number of rotatable bonds is 2. The summed E-state index contributed by atoms with van der Waals surface area (Å²) in [6.45, 7) is 5.87. The molecule has 1 N–H and O–H groups in total. The maximum absolute atomic E-state index is 11.5. The van der Waals surface area contributed by atoms with Crippen LogP contribution >= 0.6 is 12.2 Å². The van der Waals surface area contributed by atoms with Crippen LogP contribution in [0, 0.1) is 6.92 Å². The summed E-state index contributed by atoms with van der Waals surface area (Å²) >= 11 is 5.70. The van der Waals surface area contributed by atoms with E-state index >= 15 is 0 Å². The minimum absolute atomic E-state index is 0.114. The normalized spacial score (nSPS) is 16.9. The molecular formula is C21H23N3OS. The van der Waals surface area contributed by atoms with E-state index in [0.29, 0.717) is 6.42 Å². The summed E-state index contributed by atoms with van der Waals surface area (Å²) in [5, 5.41) is 2.95. The second-order valence-corrected chi connectivity index (χ2v) is 7.42. The molecule has 26 heavy (non-hydrogen) atoms. The lowest BCUT2D eigenvalue weighted by Gasteiger charge is -2.38. The molecule has 0 aliphatic carbocycles. The van der Waals surface area contributed by atoms with Crippen LogP contribution in [-0.4, -0.2) is 42.0 Å². The highest BCUT2D eigenvalue weighted by Crippen LogP contribution is 2.28. The van der Waals surface area contributed by atoms with Gasteiger partial charge in [-0.3, -0.25) is 4.79 Å². The van der Waals surface area contributed by atoms with Crippen LogP contribution in [0.2, 0.25) is 0 Å². The predicted molar refractivity (Wildman–Crippen MR) is 110 cm³/mol. The number of carbonyl (C=O) groups is 1. The second kappa shape index (κ2) is 7.08.